The number of nitrogens with zero attached hydrogens (tertiary/aromatic N) is 3. The Morgan fingerprint density at radius 1 is 1.64 bits per heavy atom. The topological polar surface area (TPSA) is 40.8 Å². The number of thiazole rings is 1. The number of hydrogen-bond acceptors (Lipinski definition) is 4. The maximum absolute atomic E-state index is 9.29. The lowest BCUT2D eigenvalue weighted by Crippen LogP contribution is -2.18. The molecule has 2 heterocycles. The first kappa shape index (κ1) is 9.48. The van der Waals surface area contributed by atoms with Crippen molar-refractivity contribution in [1.29, 1.82) is 0 Å². The molecule has 2 rings (SSSR count). The molecule has 2 aromatic rings. The molecule has 4 nitrogen and oxygen atoms in total. The van der Waals surface area contributed by atoms with E-state index in [0.717, 1.165) is 23.0 Å². The summed E-state index contributed by atoms with van der Waals surface area (Å²) in [5.41, 5.74) is 0.866. The molecule has 14 heavy (non-hydrogen) atoms. The number of imidazole rings is 1. The van der Waals surface area contributed by atoms with Crippen molar-refractivity contribution >= 4 is 22.1 Å². The van der Waals surface area contributed by atoms with Crippen molar-refractivity contribution in [3.05, 3.63) is 17.3 Å². The van der Waals surface area contributed by atoms with Crippen molar-refractivity contribution in [2.75, 3.05) is 18.5 Å². The smallest absolute Gasteiger partial charge is 0.195 e. The van der Waals surface area contributed by atoms with Gasteiger partial charge in [-0.2, -0.15) is 0 Å². The van der Waals surface area contributed by atoms with Crippen LogP contribution in [-0.4, -0.2) is 28.1 Å². The van der Waals surface area contributed by atoms with E-state index in [9.17, 15) is 5.11 Å². The van der Waals surface area contributed by atoms with Crippen molar-refractivity contribution in [3.8, 4) is 0 Å². The molecular formula is C9H13N3OS. The third-order valence-corrected chi connectivity index (χ3v) is 3.08. The summed E-state index contributed by atoms with van der Waals surface area (Å²) in [5, 5.41) is 11.3. The largest absolute Gasteiger partial charge is 0.390 e. The van der Waals surface area contributed by atoms with Gasteiger partial charge in [-0.3, -0.25) is 4.40 Å². The Balaban J connectivity index is 2.58. The summed E-state index contributed by atoms with van der Waals surface area (Å²) < 4.78 is 1.94. The molecule has 0 saturated carbocycles. The Hall–Kier alpha value is -1.07. The minimum absolute atomic E-state index is 0.0254. The molecule has 0 bridgehead atoms. The zero-order valence-corrected chi connectivity index (χ0v) is 9.08. The van der Waals surface area contributed by atoms with Crippen LogP contribution in [-0.2, 0) is 6.61 Å². The third kappa shape index (κ3) is 1.29. The van der Waals surface area contributed by atoms with Crippen LogP contribution in [0.4, 0.5) is 5.82 Å². The van der Waals surface area contributed by atoms with Crippen molar-refractivity contribution < 1.29 is 5.11 Å². The van der Waals surface area contributed by atoms with Gasteiger partial charge in [0.25, 0.3) is 0 Å². The van der Waals surface area contributed by atoms with Gasteiger partial charge in [0.05, 0.1) is 12.3 Å². The Bertz CT molecular complexity index is 434. The van der Waals surface area contributed by atoms with Crippen LogP contribution in [0.25, 0.3) is 4.96 Å². The molecule has 0 aliphatic heterocycles. The van der Waals surface area contributed by atoms with Gasteiger partial charge < -0.3 is 10.0 Å². The Kier molecular flexibility index (Phi) is 2.43. The van der Waals surface area contributed by atoms with E-state index >= 15 is 0 Å². The molecule has 76 valence electrons. The van der Waals surface area contributed by atoms with Crippen LogP contribution < -0.4 is 4.90 Å². The maximum Gasteiger partial charge on any atom is 0.195 e. The fourth-order valence-corrected chi connectivity index (χ4v) is 2.15. The van der Waals surface area contributed by atoms with Crippen LogP contribution in [0.3, 0.4) is 0 Å². The molecule has 5 heteroatoms. The van der Waals surface area contributed by atoms with E-state index in [-0.39, 0.29) is 6.61 Å². The molecule has 0 radical (unpaired) electrons. The SMILES string of the molecule is CCN(C)c1nc2sccn2c1CO. The zero-order chi connectivity index (χ0) is 10.1. The lowest BCUT2D eigenvalue weighted by Gasteiger charge is -2.14. The van der Waals surface area contributed by atoms with Gasteiger partial charge in [-0.15, -0.1) is 11.3 Å². The maximum atomic E-state index is 9.29. The lowest BCUT2D eigenvalue weighted by molar-refractivity contribution is 0.276. The van der Waals surface area contributed by atoms with Gasteiger partial charge in [0, 0.05) is 25.2 Å². The number of aromatic nitrogens is 2. The Labute approximate surface area is 86.4 Å². The monoisotopic (exact) mass is 211 g/mol. The van der Waals surface area contributed by atoms with Gasteiger partial charge in [-0.25, -0.2) is 4.98 Å². The van der Waals surface area contributed by atoms with E-state index < -0.39 is 0 Å². The Morgan fingerprint density at radius 2 is 2.43 bits per heavy atom. The van der Waals surface area contributed by atoms with Crippen LogP contribution in [0.15, 0.2) is 11.6 Å². The summed E-state index contributed by atoms with van der Waals surface area (Å²) in [6.45, 7) is 2.98. The van der Waals surface area contributed by atoms with Gasteiger partial charge in [0.2, 0.25) is 0 Å². The second kappa shape index (κ2) is 3.59. The third-order valence-electron chi connectivity index (χ3n) is 2.33. The number of anilines is 1. The Morgan fingerprint density at radius 3 is 3.07 bits per heavy atom. The highest BCUT2D eigenvalue weighted by atomic mass is 32.1. The molecule has 0 fully saturated rings. The van der Waals surface area contributed by atoms with E-state index in [1.807, 2.05) is 27.9 Å². The summed E-state index contributed by atoms with van der Waals surface area (Å²) in [6.07, 6.45) is 1.94. The van der Waals surface area contributed by atoms with Gasteiger partial charge in [0.1, 0.15) is 0 Å². The van der Waals surface area contributed by atoms with Crippen molar-refractivity contribution in [2.45, 2.75) is 13.5 Å². The average molecular weight is 211 g/mol. The highest BCUT2D eigenvalue weighted by Crippen LogP contribution is 2.23. The van der Waals surface area contributed by atoms with Gasteiger partial charge in [-0.1, -0.05) is 0 Å². The highest BCUT2D eigenvalue weighted by molar-refractivity contribution is 7.15. The minimum Gasteiger partial charge on any atom is -0.390 e. The van der Waals surface area contributed by atoms with Crippen LogP contribution in [0, 0.1) is 0 Å². The molecule has 0 aromatic carbocycles. The summed E-state index contributed by atoms with van der Waals surface area (Å²) in [6, 6.07) is 0. The molecule has 0 spiro atoms. The number of aliphatic hydroxyl groups is 1. The van der Waals surface area contributed by atoms with Gasteiger partial charge >= 0.3 is 0 Å². The standard InChI is InChI=1S/C9H13N3OS/c1-3-11(2)8-7(6-13)12-4-5-14-9(12)10-8/h4-5,13H,3,6H2,1-2H3. The number of aliphatic hydroxyl groups excluding tert-OH is 1. The summed E-state index contributed by atoms with van der Waals surface area (Å²) >= 11 is 1.58. The summed E-state index contributed by atoms with van der Waals surface area (Å²) in [5.74, 6) is 0.877. The van der Waals surface area contributed by atoms with Crippen LogP contribution >= 0.6 is 11.3 Å². The van der Waals surface area contributed by atoms with Gasteiger partial charge in [-0.05, 0) is 6.92 Å². The second-order valence-corrected chi connectivity index (χ2v) is 3.98. The fraction of sp³-hybridized carbons (Fsp3) is 0.444. The fourth-order valence-electron chi connectivity index (χ4n) is 1.42. The van der Waals surface area contributed by atoms with Crippen molar-refractivity contribution in [2.24, 2.45) is 0 Å². The van der Waals surface area contributed by atoms with E-state index in [4.69, 9.17) is 0 Å². The van der Waals surface area contributed by atoms with Crippen LogP contribution in [0.1, 0.15) is 12.6 Å². The predicted molar refractivity (Wildman–Crippen MR) is 57.9 cm³/mol. The van der Waals surface area contributed by atoms with E-state index in [1.165, 1.54) is 0 Å². The molecule has 0 unspecified atom stereocenters. The molecule has 0 aliphatic rings. The summed E-state index contributed by atoms with van der Waals surface area (Å²) in [7, 11) is 1.98. The molecule has 1 N–H and O–H groups in total. The van der Waals surface area contributed by atoms with Crippen molar-refractivity contribution in [1.82, 2.24) is 9.38 Å². The minimum atomic E-state index is 0.0254. The molecule has 0 amide bonds. The summed E-state index contributed by atoms with van der Waals surface area (Å²) in [4.78, 5) is 7.43. The number of fused-ring (bicyclic) bond motifs is 1. The first-order chi connectivity index (χ1) is 6.77. The number of rotatable bonds is 3. The number of hydrogen-bond donors (Lipinski definition) is 1. The van der Waals surface area contributed by atoms with Crippen LogP contribution in [0.5, 0.6) is 0 Å². The molecule has 0 atom stereocenters. The van der Waals surface area contributed by atoms with E-state index in [1.54, 1.807) is 11.3 Å². The van der Waals surface area contributed by atoms with Crippen LogP contribution in [0.2, 0.25) is 0 Å². The first-order valence-electron chi connectivity index (χ1n) is 4.54. The molecule has 2 aromatic heterocycles. The average Bonchev–Trinajstić information content (AvgIpc) is 2.74. The lowest BCUT2D eigenvalue weighted by atomic mass is 10.4. The zero-order valence-electron chi connectivity index (χ0n) is 8.27. The highest BCUT2D eigenvalue weighted by Gasteiger charge is 2.14. The van der Waals surface area contributed by atoms with Gasteiger partial charge in [0.15, 0.2) is 10.8 Å². The van der Waals surface area contributed by atoms with E-state index in [2.05, 4.69) is 11.9 Å². The quantitative estimate of drug-likeness (QED) is 0.833. The molecular weight excluding hydrogens is 198 g/mol. The first-order valence-corrected chi connectivity index (χ1v) is 5.42. The predicted octanol–water partition coefficient (Wildman–Crippen LogP) is 1.34. The molecule has 0 aliphatic carbocycles. The second-order valence-electron chi connectivity index (χ2n) is 3.11. The van der Waals surface area contributed by atoms with E-state index in [0.29, 0.717) is 0 Å². The molecule has 0 saturated heterocycles. The normalized spacial score (nSPS) is 11.1. The van der Waals surface area contributed by atoms with Crippen molar-refractivity contribution in [3.63, 3.8) is 0 Å².